The van der Waals surface area contributed by atoms with Gasteiger partial charge in [0, 0.05) is 13.3 Å². The van der Waals surface area contributed by atoms with Crippen LogP contribution < -0.4 is 9.47 Å². The quantitative estimate of drug-likeness (QED) is 0.793. The van der Waals surface area contributed by atoms with E-state index in [0.29, 0.717) is 6.61 Å². The molecule has 2 rings (SSSR count). The summed E-state index contributed by atoms with van der Waals surface area (Å²) in [7, 11) is 3.55. The van der Waals surface area contributed by atoms with Gasteiger partial charge in [-0.15, -0.1) is 0 Å². The number of aromatic nitrogens is 2. The summed E-state index contributed by atoms with van der Waals surface area (Å²) in [5.41, 5.74) is 3.83. The van der Waals surface area contributed by atoms with Gasteiger partial charge < -0.3 is 9.47 Å². The van der Waals surface area contributed by atoms with Crippen molar-refractivity contribution in [3.8, 4) is 11.5 Å². The molecule has 5 heteroatoms. The molecule has 1 aromatic carbocycles. The topological polar surface area (TPSA) is 48.6 Å². The summed E-state index contributed by atoms with van der Waals surface area (Å²) in [5.74, 6) is 1.45. The van der Waals surface area contributed by atoms with Gasteiger partial charge in [0.2, 0.25) is 0 Å². The zero-order valence-corrected chi connectivity index (χ0v) is 13.2. The van der Waals surface area contributed by atoms with Gasteiger partial charge in [0.15, 0.2) is 11.5 Å². The van der Waals surface area contributed by atoms with Gasteiger partial charge in [-0.05, 0) is 44.5 Å². The maximum atomic E-state index is 5.57. The molecule has 0 unspecified atom stereocenters. The highest BCUT2D eigenvalue weighted by molar-refractivity contribution is 5.83. The lowest BCUT2D eigenvalue weighted by Crippen LogP contribution is -1.96. The first-order valence-corrected chi connectivity index (χ1v) is 6.92. The summed E-state index contributed by atoms with van der Waals surface area (Å²) >= 11 is 0. The first-order chi connectivity index (χ1) is 10.1. The number of methoxy groups -OCH3 is 1. The number of hydrogen-bond acceptors (Lipinski definition) is 4. The summed E-state index contributed by atoms with van der Waals surface area (Å²) in [6, 6.07) is 5.76. The average molecular weight is 287 g/mol. The lowest BCUT2D eigenvalue weighted by atomic mass is 10.2. The number of ether oxygens (including phenoxy) is 2. The Balaban J connectivity index is 2.30. The molecule has 0 saturated carbocycles. The molecule has 2 aromatic rings. The molecule has 0 aliphatic rings. The second-order valence-corrected chi connectivity index (χ2v) is 4.74. The lowest BCUT2D eigenvalue weighted by molar-refractivity contribution is 0.311. The van der Waals surface area contributed by atoms with Gasteiger partial charge in [-0.1, -0.05) is 0 Å². The smallest absolute Gasteiger partial charge is 0.161 e. The molecule has 0 aliphatic heterocycles. The highest BCUT2D eigenvalue weighted by Crippen LogP contribution is 2.28. The molecule has 0 spiro atoms. The molecule has 1 heterocycles. The normalized spacial score (nSPS) is 11.1. The van der Waals surface area contributed by atoms with E-state index in [0.717, 1.165) is 34.1 Å². The highest BCUT2D eigenvalue weighted by atomic mass is 16.5. The van der Waals surface area contributed by atoms with Crippen LogP contribution in [0.2, 0.25) is 0 Å². The van der Waals surface area contributed by atoms with Gasteiger partial charge in [-0.25, -0.2) is 0 Å². The maximum absolute atomic E-state index is 5.57. The van der Waals surface area contributed by atoms with E-state index in [1.165, 1.54) is 0 Å². The van der Waals surface area contributed by atoms with Crippen molar-refractivity contribution in [1.82, 2.24) is 9.78 Å². The summed E-state index contributed by atoms with van der Waals surface area (Å²) in [6.07, 6.45) is 1.82. The summed E-state index contributed by atoms with van der Waals surface area (Å²) in [6.45, 7) is 6.51. The fraction of sp³-hybridized carbons (Fsp3) is 0.375. The number of aliphatic imine (C=N–C) groups is 1. The molecule has 5 nitrogen and oxygen atoms in total. The molecule has 0 fully saturated rings. The van der Waals surface area contributed by atoms with Crippen LogP contribution in [0.3, 0.4) is 0 Å². The fourth-order valence-corrected chi connectivity index (χ4v) is 2.13. The standard InChI is InChI=1S/C16H21N3O2/c1-6-21-15-9-13(7-8-14(15)20-5)10-17-16-11(2)18-19(4)12(16)3/h7-10H,6H2,1-5H3. The van der Waals surface area contributed by atoms with E-state index in [-0.39, 0.29) is 0 Å². The van der Waals surface area contributed by atoms with Gasteiger partial charge in [0.1, 0.15) is 5.69 Å². The number of rotatable bonds is 5. The Kier molecular flexibility index (Phi) is 4.62. The molecule has 21 heavy (non-hydrogen) atoms. The third-order valence-corrected chi connectivity index (χ3v) is 3.30. The molecular weight excluding hydrogens is 266 g/mol. The molecule has 0 bridgehead atoms. The zero-order chi connectivity index (χ0) is 15.4. The van der Waals surface area contributed by atoms with Crippen LogP contribution in [-0.2, 0) is 7.05 Å². The number of hydrogen-bond donors (Lipinski definition) is 0. The van der Waals surface area contributed by atoms with Crippen LogP contribution in [0.15, 0.2) is 23.2 Å². The highest BCUT2D eigenvalue weighted by Gasteiger charge is 2.08. The average Bonchev–Trinajstić information content (AvgIpc) is 2.71. The van der Waals surface area contributed by atoms with Crippen molar-refractivity contribution in [3.05, 3.63) is 35.2 Å². The van der Waals surface area contributed by atoms with E-state index < -0.39 is 0 Å². The SMILES string of the molecule is CCOc1cc(C=Nc2c(C)nn(C)c2C)ccc1OC. The minimum absolute atomic E-state index is 0.595. The molecule has 1 aromatic heterocycles. The van der Waals surface area contributed by atoms with E-state index in [4.69, 9.17) is 9.47 Å². The van der Waals surface area contributed by atoms with Crippen molar-refractivity contribution in [1.29, 1.82) is 0 Å². The Hall–Kier alpha value is -2.30. The van der Waals surface area contributed by atoms with E-state index in [9.17, 15) is 0 Å². The summed E-state index contributed by atoms with van der Waals surface area (Å²) in [5, 5.41) is 4.36. The Bertz CT molecular complexity index is 660. The predicted molar refractivity (Wildman–Crippen MR) is 84.1 cm³/mol. The minimum atomic E-state index is 0.595. The Morgan fingerprint density at radius 2 is 2.05 bits per heavy atom. The monoisotopic (exact) mass is 287 g/mol. The third-order valence-electron chi connectivity index (χ3n) is 3.30. The van der Waals surface area contributed by atoms with Crippen molar-refractivity contribution < 1.29 is 9.47 Å². The Labute approximate surface area is 125 Å². The van der Waals surface area contributed by atoms with Crippen molar-refractivity contribution in [3.63, 3.8) is 0 Å². The van der Waals surface area contributed by atoms with Gasteiger partial charge in [0.05, 0.1) is 25.1 Å². The summed E-state index contributed by atoms with van der Waals surface area (Å²) in [4.78, 5) is 4.55. The first kappa shape index (κ1) is 15.1. The number of nitrogens with zero attached hydrogens (tertiary/aromatic N) is 3. The number of benzene rings is 1. The van der Waals surface area contributed by atoms with Crippen LogP contribution in [-0.4, -0.2) is 29.7 Å². The van der Waals surface area contributed by atoms with Crippen LogP contribution in [0, 0.1) is 13.8 Å². The maximum Gasteiger partial charge on any atom is 0.161 e. The van der Waals surface area contributed by atoms with Crippen LogP contribution >= 0.6 is 0 Å². The van der Waals surface area contributed by atoms with Crippen LogP contribution in [0.25, 0.3) is 0 Å². The van der Waals surface area contributed by atoms with E-state index in [1.807, 2.05) is 56.9 Å². The Morgan fingerprint density at radius 1 is 1.29 bits per heavy atom. The first-order valence-electron chi connectivity index (χ1n) is 6.92. The molecule has 0 N–H and O–H groups in total. The molecule has 112 valence electrons. The second kappa shape index (κ2) is 6.43. The van der Waals surface area contributed by atoms with Crippen molar-refractivity contribution >= 4 is 11.9 Å². The predicted octanol–water partition coefficient (Wildman–Crippen LogP) is 3.19. The van der Waals surface area contributed by atoms with Crippen molar-refractivity contribution in [2.75, 3.05) is 13.7 Å². The minimum Gasteiger partial charge on any atom is -0.493 e. The molecule has 0 amide bonds. The zero-order valence-electron chi connectivity index (χ0n) is 13.2. The molecule has 0 saturated heterocycles. The molecule has 0 atom stereocenters. The third kappa shape index (κ3) is 3.24. The van der Waals surface area contributed by atoms with Crippen LogP contribution in [0.5, 0.6) is 11.5 Å². The molecular formula is C16H21N3O2. The lowest BCUT2D eigenvalue weighted by Gasteiger charge is -2.09. The molecule has 0 aliphatic carbocycles. The van der Waals surface area contributed by atoms with E-state index in [1.54, 1.807) is 7.11 Å². The van der Waals surface area contributed by atoms with Crippen LogP contribution in [0.1, 0.15) is 23.9 Å². The van der Waals surface area contributed by atoms with Gasteiger partial charge in [-0.2, -0.15) is 5.10 Å². The van der Waals surface area contributed by atoms with Crippen molar-refractivity contribution in [2.45, 2.75) is 20.8 Å². The van der Waals surface area contributed by atoms with Crippen molar-refractivity contribution in [2.24, 2.45) is 12.0 Å². The largest absolute Gasteiger partial charge is 0.493 e. The van der Waals surface area contributed by atoms with E-state index in [2.05, 4.69) is 10.1 Å². The fourth-order valence-electron chi connectivity index (χ4n) is 2.13. The van der Waals surface area contributed by atoms with Crippen LogP contribution in [0.4, 0.5) is 5.69 Å². The molecule has 0 radical (unpaired) electrons. The van der Waals surface area contributed by atoms with Gasteiger partial charge in [0.25, 0.3) is 0 Å². The Morgan fingerprint density at radius 3 is 2.62 bits per heavy atom. The number of aryl methyl sites for hydroxylation is 2. The second-order valence-electron chi connectivity index (χ2n) is 4.74. The summed E-state index contributed by atoms with van der Waals surface area (Å²) < 4.78 is 12.7. The van der Waals surface area contributed by atoms with Gasteiger partial charge in [-0.3, -0.25) is 9.67 Å². The van der Waals surface area contributed by atoms with Gasteiger partial charge >= 0.3 is 0 Å². The van der Waals surface area contributed by atoms with E-state index >= 15 is 0 Å².